The number of carbonyl (C=O) groups excluding carboxylic acids is 2. The molecule has 0 bridgehead atoms. The average Bonchev–Trinajstić information content (AvgIpc) is 2.77. The van der Waals surface area contributed by atoms with E-state index in [1.54, 1.807) is 6.07 Å². The highest BCUT2D eigenvalue weighted by Gasteiger charge is 2.37. The van der Waals surface area contributed by atoms with Crippen molar-refractivity contribution in [3.8, 4) is 5.75 Å². The van der Waals surface area contributed by atoms with Gasteiger partial charge < -0.3 is 9.64 Å². The van der Waals surface area contributed by atoms with Crippen molar-refractivity contribution >= 4 is 17.6 Å². The molecule has 0 aliphatic carbocycles. The van der Waals surface area contributed by atoms with Crippen molar-refractivity contribution in [2.75, 3.05) is 24.6 Å². The summed E-state index contributed by atoms with van der Waals surface area (Å²) in [6.45, 7) is 4.04. The zero-order valence-corrected chi connectivity index (χ0v) is 17.8. The van der Waals surface area contributed by atoms with Gasteiger partial charge >= 0.3 is 6.18 Å². The summed E-state index contributed by atoms with van der Waals surface area (Å²) in [5.41, 5.74) is 5.92. The maximum Gasteiger partial charge on any atom is 0.419 e. The number of hydrogen-bond donors (Lipinski definition) is 2. The number of hydrogen-bond acceptors (Lipinski definition) is 5. The Labute approximate surface area is 183 Å². The van der Waals surface area contributed by atoms with Crippen molar-refractivity contribution in [1.29, 1.82) is 0 Å². The standard InChI is InChI=1S/C22H25F3N4O3/c1-14-7-8-17(11-15(14)2)32-13-19(30)27-28-21(31)16-5-4-10-29(12-16)20-18(22(23,24)25)6-3-9-26-20/h3,6-9,11,16H,4-5,10,12-13H2,1-2H3,(H,27,30)(H,28,31). The molecule has 10 heteroatoms. The maximum atomic E-state index is 13.3. The first-order valence-corrected chi connectivity index (χ1v) is 10.2. The summed E-state index contributed by atoms with van der Waals surface area (Å²) < 4.78 is 45.3. The monoisotopic (exact) mass is 450 g/mol. The second kappa shape index (κ2) is 9.88. The zero-order valence-electron chi connectivity index (χ0n) is 17.8. The van der Waals surface area contributed by atoms with Gasteiger partial charge in [0.2, 0.25) is 5.91 Å². The highest BCUT2D eigenvalue weighted by Crippen LogP contribution is 2.36. The Hall–Kier alpha value is -3.30. The molecule has 32 heavy (non-hydrogen) atoms. The van der Waals surface area contributed by atoms with Crippen LogP contribution in [0.2, 0.25) is 0 Å². The molecular formula is C22H25F3N4O3. The molecule has 0 radical (unpaired) electrons. The third kappa shape index (κ3) is 5.89. The van der Waals surface area contributed by atoms with E-state index in [1.165, 1.54) is 17.2 Å². The number of aryl methyl sites for hydroxylation is 2. The minimum Gasteiger partial charge on any atom is -0.484 e. The fraction of sp³-hybridized carbons (Fsp3) is 0.409. The molecule has 2 amide bonds. The predicted octanol–water partition coefficient (Wildman–Crippen LogP) is 3.16. The number of ether oxygens (including phenoxy) is 1. The Balaban J connectivity index is 1.52. The molecule has 1 aromatic heterocycles. The van der Waals surface area contributed by atoms with Crippen LogP contribution < -0.4 is 20.5 Å². The van der Waals surface area contributed by atoms with Gasteiger partial charge in [0.05, 0.1) is 11.5 Å². The number of amides is 2. The lowest BCUT2D eigenvalue weighted by Crippen LogP contribution is -2.50. The average molecular weight is 450 g/mol. The Morgan fingerprint density at radius 2 is 1.97 bits per heavy atom. The summed E-state index contributed by atoms with van der Waals surface area (Å²) in [6.07, 6.45) is -2.23. The first kappa shape index (κ1) is 23.4. The van der Waals surface area contributed by atoms with Crippen LogP contribution in [0.15, 0.2) is 36.5 Å². The van der Waals surface area contributed by atoms with Crippen LogP contribution >= 0.6 is 0 Å². The van der Waals surface area contributed by atoms with Gasteiger partial charge in [0.25, 0.3) is 5.91 Å². The van der Waals surface area contributed by atoms with E-state index in [4.69, 9.17) is 4.74 Å². The number of pyridine rings is 1. The fourth-order valence-electron chi connectivity index (χ4n) is 3.48. The first-order chi connectivity index (χ1) is 15.1. The minimum absolute atomic E-state index is 0.0704. The van der Waals surface area contributed by atoms with Crippen LogP contribution in [0.1, 0.15) is 29.5 Å². The fourth-order valence-corrected chi connectivity index (χ4v) is 3.48. The molecule has 1 atom stereocenters. The van der Waals surface area contributed by atoms with E-state index >= 15 is 0 Å². The molecule has 0 saturated carbocycles. The van der Waals surface area contributed by atoms with E-state index < -0.39 is 29.5 Å². The summed E-state index contributed by atoms with van der Waals surface area (Å²) in [5.74, 6) is -1.27. The van der Waals surface area contributed by atoms with Gasteiger partial charge in [-0.15, -0.1) is 0 Å². The number of aromatic nitrogens is 1. The number of alkyl halides is 3. The van der Waals surface area contributed by atoms with Crippen LogP contribution in [0.5, 0.6) is 5.75 Å². The number of piperidine rings is 1. The van der Waals surface area contributed by atoms with Gasteiger partial charge in [-0.2, -0.15) is 13.2 Å². The smallest absolute Gasteiger partial charge is 0.419 e. The third-order valence-electron chi connectivity index (χ3n) is 5.36. The molecule has 1 aromatic carbocycles. The Morgan fingerprint density at radius 3 is 2.69 bits per heavy atom. The van der Waals surface area contributed by atoms with Crippen LogP contribution in [-0.2, 0) is 15.8 Å². The van der Waals surface area contributed by atoms with Crippen molar-refractivity contribution in [3.05, 3.63) is 53.2 Å². The number of nitrogens with zero attached hydrogens (tertiary/aromatic N) is 2. The molecule has 1 unspecified atom stereocenters. The van der Waals surface area contributed by atoms with Crippen LogP contribution in [0.3, 0.4) is 0 Å². The van der Waals surface area contributed by atoms with Gasteiger partial charge in [0.15, 0.2) is 6.61 Å². The zero-order chi connectivity index (χ0) is 23.3. The second-order valence-electron chi connectivity index (χ2n) is 7.73. The van der Waals surface area contributed by atoms with Crippen LogP contribution in [-0.4, -0.2) is 36.5 Å². The van der Waals surface area contributed by atoms with Gasteiger partial charge in [-0.05, 0) is 62.1 Å². The Kier molecular flexibility index (Phi) is 7.22. The first-order valence-electron chi connectivity index (χ1n) is 10.2. The number of carbonyl (C=O) groups is 2. The van der Waals surface area contributed by atoms with E-state index in [0.717, 1.165) is 17.2 Å². The molecule has 2 heterocycles. The van der Waals surface area contributed by atoms with Crippen LogP contribution in [0.25, 0.3) is 0 Å². The number of hydrazine groups is 1. The highest BCUT2D eigenvalue weighted by atomic mass is 19.4. The topological polar surface area (TPSA) is 83.6 Å². The molecule has 1 aliphatic rings. The van der Waals surface area contributed by atoms with Gasteiger partial charge in [0.1, 0.15) is 11.6 Å². The Bertz CT molecular complexity index is 981. The maximum absolute atomic E-state index is 13.3. The third-order valence-corrected chi connectivity index (χ3v) is 5.36. The molecule has 1 aliphatic heterocycles. The largest absolute Gasteiger partial charge is 0.484 e. The van der Waals surface area contributed by atoms with Crippen molar-refractivity contribution in [2.45, 2.75) is 32.9 Å². The van der Waals surface area contributed by atoms with E-state index in [-0.39, 0.29) is 19.0 Å². The quantitative estimate of drug-likeness (QED) is 0.684. The molecule has 2 N–H and O–H groups in total. The molecule has 1 saturated heterocycles. The van der Waals surface area contributed by atoms with Gasteiger partial charge in [-0.1, -0.05) is 6.07 Å². The molecule has 3 rings (SSSR count). The van der Waals surface area contributed by atoms with E-state index in [0.29, 0.717) is 25.1 Å². The predicted molar refractivity (Wildman–Crippen MR) is 112 cm³/mol. The number of benzene rings is 1. The molecule has 0 spiro atoms. The van der Waals surface area contributed by atoms with Crippen molar-refractivity contribution < 1.29 is 27.5 Å². The molecule has 7 nitrogen and oxygen atoms in total. The van der Waals surface area contributed by atoms with Crippen molar-refractivity contribution in [3.63, 3.8) is 0 Å². The van der Waals surface area contributed by atoms with Crippen molar-refractivity contribution in [1.82, 2.24) is 15.8 Å². The SMILES string of the molecule is Cc1ccc(OCC(=O)NNC(=O)C2CCCN(c3ncccc3C(F)(F)F)C2)cc1C. The summed E-state index contributed by atoms with van der Waals surface area (Å²) in [7, 11) is 0. The lowest BCUT2D eigenvalue weighted by Gasteiger charge is -2.34. The number of anilines is 1. The molecule has 172 valence electrons. The summed E-state index contributed by atoms with van der Waals surface area (Å²) in [4.78, 5) is 29.8. The minimum atomic E-state index is -4.54. The lowest BCUT2D eigenvalue weighted by molar-refractivity contribution is -0.137. The van der Waals surface area contributed by atoms with E-state index in [1.807, 2.05) is 26.0 Å². The van der Waals surface area contributed by atoms with Crippen molar-refractivity contribution in [2.24, 2.45) is 5.92 Å². The highest BCUT2D eigenvalue weighted by molar-refractivity contribution is 5.84. The number of rotatable bonds is 5. The van der Waals surface area contributed by atoms with Gasteiger partial charge in [-0.25, -0.2) is 4.98 Å². The van der Waals surface area contributed by atoms with Crippen LogP contribution in [0, 0.1) is 19.8 Å². The summed E-state index contributed by atoms with van der Waals surface area (Å²) >= 11 is 0. The molecule has 2 aromatic rings. The molecule has 1 fully saturated rings. The normalized spacial score (nSPS) is 16.4. The van der Waals surface area contributed by atoms with Crippen LogP contribution in [0.4, 0.5) is 19.0 Å². The summed E-state index contributed by atoms with van der Waals surface area (Å²) in [6, 6.07) is 7.64. The van der Waals surface area contributed by atoms with Gasteiger partial charge in [0, 0.05) is 19.3 Å². The van der Waals surface area contributed by atoms with Gasteiger partial charge in [-0.3, -0.25) is 20.4 Å². The lowest BCUT2D eigenvalue weighted by atomic mass is 9.97. The number of halogens is 3. The Morgan fingerprint density at radius 1 is 1.19 bits per heavy atom. The number of nitrogens with one attached hydrogen (secondary N) is 2. The van der Waals surface area contributed by atoms with E-state index in [9.17, 15) is 22.8 Å². The summed E-state index contributed by atoms with van der Waals surface area (Å²) in [5, 5.41) is 0. The molecular weight excluding hydrogens is 425 g/mol. The van der Waals surface area contributed by atoms with E-state index in [2.05, 4.69) is 15.8 Å². The second-order valence-corrected chi connectivity index (χ2v) is 7.73.